The van der Waals surface area contributed by atoms with Gasteiger partial charge in [0.25, 0.3) is 0 Å². The number of rotatable bonds is 4. The molecule has 0 aliphatic rings. The lowest BCUT2D eigenvalue weighted by Crippen LogP contribution is -2.19. The molecule has 0 aromatic heterocycles. The number of alkyl halides is 3. The van der Waals surface area contributed by atoms with Crippen molar-refractivity contribution in [1.82, 2.24) is 0 Å². The van der Waals surface area contributed by atoms with Crippen LogP contribution >= 0.6 is 0 Å². The van der Waals surface area contributed by atoms with Gasteiger partial charge < -0.3 is 9.47 Å². The predicted molar refractivity (Wildman–Crippen MR) is 62.8 cm³/mol. The number of methoxy groups -OCH3 is 2. The van der Waals surface area contributed by atoms with E-state index in [2.05, 4.69) is 9.47 Å². The van der Waals surface area contributed by atoms with Crippen molar-refractivity contribution in [3.8, 4) is 0 Å². The topological polar surface area (TPSA) is 52.6 Å². The second-order valence-corrected chi connectivity index (χ2v) is 3.98. The first-order chi connectivity index (χ1) is 9.29. The molecule has 0 heterocycles. The van der Waals surface area contributed by atoms with Crippen LogP contribution in [0.2, 0.25) is 0 Å². The molecule has 110 valence electrons. The van der Waals surface area contributed by atoms with Crippen LogP contribution in [0.15, 0.2) is 24.3 Å². The third kappa shape index (κ3) is 3.97. The fourth-order valence-corrected chi connectivity index (χ4v) is 1.63. The smallest absolute Gasteiger partial charge is 0.416 e. The molecule has 0 N–H and O–H groups in total. The average molecular weight is 290 g/mol. The van der Waals surface area contributed by atoms with E-state index in [0.717, 1.165) is 38.5 Å². The highest BCUT2D eigenvalue weighted by Gasteiger charge is 2.31. The van der Waals surface area contributed by atoms with Crippen molar-refractivity contribution < 1.29 is 32.2 Å². The van der Waals surface area contributed by atoms with E-state index in [1.165, 1.54) is 0 Å². The zero-order chi connectivity index (χ0) is 15.3. The molecular weight excluding hydrogens is 277 g/mol. The molecule has 1 atom stereocenters. The fraction of sp³-hybridized carbons (Fsp3) is 0.385. The van der Waals surface area contributed by atoms with E-state index in [1.807, 2.05) is 0 Å². The van der Waals surface area contributed by atoms with Crippen LogP contribution in [0.1, 0.15) is 23.5 Å². The van der Waals surface area contributed by atoms with Gasteiger partial charge in [0.15, 0.2) is 0 Å². The normalized spacial score (nSPS) is 12.7. The lowest BCUT2D eigenvalue weighted by Gasteiger charge is -2.15. The minimum absolute atomic E-state index is 0.259. The highest BCUT2D eigenvalue weighted by atomic mass is 19.4. The van der Waals surface area contributed by atoms with Crippen LogP contribution in [0.3, 0.4) is 0 Å². The first-order valence-corrected chi connectivity index (χ1v) is 5.61. The third-order valence-electron chi connectivity index (χ3n) is 2.72. The Bertz CT molecular complexity index is 479. The Morgan fingerprint density at radius 3 is 2.05 bits per heavy atom. The quantitative estimate of drug-likeness (QED) is 0.800. The minimum Gasteiger partial charge on any atom is -0.469 e. The summed E-state index contributed by atoms with van der Waals surface area (Å²) < 4.78 is 46.3. The summed E-state index contributed by atoms with van der Waals surface area (Å²) in [4.78, 5) is 22.8. The molecule has 0 amide bonds. The molecule has 1 aromatic carbocycles. The molecule has 0 bridgehead atoms. The van der Waals surface area contributed by atoms with Gasteiger partial charge in [-0.2, -0.15) is 13.2 Å². The molecule has 1 rings (SSSR count). The highest BCUT2D eigenvalue weighted by molar-refractivity contribution is 5.84. The molecule has 0 radical (unpaired) electrons. The number of carbonyl (C=O) groups is 2. The van der Waals surface area contributed by atoms with Gasteiger partial charge in [0.05, 0.1) is 32.1 Å². The van der Waals surface area contributed by atoms with Crippen molar-refractivity contribution in [2.45, 2.75) is 18.5 Å². The predicted octanol–water partition coefficient (Wildman–Crippen LogP) is 2.53. The van der Waals surface area contributed by atoms with Crippen LogP contribution in [0, 0.1) is 0 Å². The number of esters is 2. The number of hydrogen-bond acceptors (Lipinski definition) is 4. The standard InChI is InChI=1S/C13H13F3O4/c1-19-11(17)7-10(12(18)20-2)8-3-5-9(6-4-8)13(14,15)16/h3-6,10H,7H2,1-2H3. The summed E-state index contributed by atoms with van der Waals surface area (Å²) in [7, 11) is 2.29. The van der Waals surface area contributed by atoms with Crippen molar-refractivity contribution in [3.05, 3.63) is 35.4 Å². The third-order valence-corrected chi connectivity index (χ3v) is 2.72. The van der Waals surface area contributed by atoms with E-state index in [9.17, 15) is 22.8 Å². The summed E-state index contributed by atoms with van der Waals surface area (Å²) in [6.45, 7) is 0. The van der Waals surface area contributed by atoms with Gasteiger partial charge in [-0.1, -0.05) is 12.1 Å². The first-order valence-electron chi connectivity index (χ1n) is 5.61. The van der Waals surface area contributed by atoms with Crippen LogP contribution in [0.25, 0.3) is 0 Å². The van der Waals surface area contributed by atoms with Gasteiger partial charge in [0.1, 0.15) is 0 Å². The molecule has 0 aliphatic carbocycles. The number of benzene rings is 1. The highest BCUT2D eigenvalue weighted by Crippen LogP contribution is 2.31. The second-order valence-electron chi connectivity index (χ2n) is 3.98. The first kappa shape index (κ1) is 16.0. The Balaban J connectivity index is 3.02. The van der Waals surface area contributed by atoms with E-state index >= 15 is 0 Å². The van der Waals surface area contributed by atoms with E-state index in [0.29, 0.717) is 0 Å². The largest absolute Gasteiger partial charge is 0.469 e. The van der Waals surface area contributed by atoms with Crippen molar-refractivity contribution in [3.63, 3.8) is 0 Å². The Morgan fingerprint density at radius 1 is 1.10 bits per heavy atom. The van der Waals surface area contributed by atoms with Crippen molar-refractivity contribution in [1.29, 1.82) is 0 Å². The molecule has 0 fully saturated rings. The van der Waals surface area contributed by atoms with E-state index in [1.54, 1.807) is 0 Å². The maximum atomic E-state index is 12.4. The maximum absolute atomic E-state index is 12.4. The molecule has 7 heteroatoms. The Hall–Kier alpha value is -2.05. The molecular formula is C13H13F3O4. The Morgan fingerprint density at radius 2 is 1.65 bits per heavy atom. The van der Waals surface area contributed by atoms with Crippen LogP contribution in [0.4, 0.5) is 13.2 Å². The number of hydrogen-bond donors (Lipinski definition) is 0. The molecule has 0 aliphatic heterocycles. The van der Waals surface area contributed by atoms with Gasteiger partial charge in [-0.3, -0.25) is 9.59 Å². The molecule has 0 saturated heterocycles. The maximum Gasteiger partial charge on any atom is 0.416 e. The van der Waals surface area contributed by atoms with Gasteiger partial charge in [-0.25, -0.2) is 0 Å². The van der Waals surface area contributed by atoms with Gasteiger partial charge >= 0.3 is 18.1 Å². The SMILES string of the molecule is COC(=O)CC(C(=O)OC)c1ccc(C(F)(F)F)cc1. The van der Waals surface area contributed by atoms with Crippen LogP contribution in [-0.4, -0.2) is 26.2 Å². The zero-order valence-electron chi connectivity index (χ0n) is 10.9. The molecule has 1 aromatic rings. The van der Waals surface area contributed by atoms with Crippen molar-refractivity contribution >= 4 is 11.9 Å². The summed E-state index contributed by atoms with van der Waals surface area (Å²) in [5.41, 5.74) is -0.571. The van der Waals surface area contributed by atoms with Crippen molar-refractivity contribution in [2.75, 3.05) is 14.2 Å². The number of halogens is 3. The summed E-state index contributed by atoms with van der Waals surface area (Å²) in [6, 6.07) is 3.99. The lowest BCUT2D eigenvalue weighted by atomic mass is 9.95. The van der Waals surface area contributed by atoms with Gasteiger partial charge in [-0.15, -0.1) is 0 Å². The monoisotopic (exact) mass is 290 g/mol. The molecule has 4 nitrogen and oxygen atoms in total. The second kappa shape index (κ2) is 6.40. The van der Waals surface area contributed by atoms with Gasteiger partial charge in [0.2, 0.25) is 0 Å². The van der Waals surface area contributed by atoms with Crippen LogP contribution in [0.5, 0.6) is 0 Å². The minimum atomic E-state index is -4.46. The zero-order valence-corrected chi connectivity index (χ0v) is 10.9. The van der Waals surface area contributed by atoms with E-state index in [-0.39, 0.29) is 12.0 Å². The summed E-state index contributed by atoms with van der Waals surface area (Å²) >= 11 is 0. The summed E-state index contributed by atoms with van der Waals surface area (Å²) in [5, 5.41) is 0. The number of carbonyl (C=O) groups excluding carboxylic acids is 2. The van der Waals surface area contributed by atoms with Crippen LogP contribution < -0.4 is 0 Å². The lowest BCUT2D eigenvalue weighted by molar-refractivity contribution is -0.149. The molecule has 20 heavy (non-hydrogen) atoms. The molecule has 0 spiro atoms. The van der Waals surface area contributed by atoms with Gasteiger partial charge in [-0.05, 0) is 17.7 Å². The summed E-state index contributed by atoms with van der Waals surface area (Å²) in [5.74, 6) is -2.36. The van der Waals surface area contributed by atoms with E-state index in [4.69, 9.17) is 0 Å². The Labute approximate surface area is 113 Å². The van der Waals surface area contributed by atoms with Crippen molar-refractivity contribution in [2.24, 2.45) is 0 Å². The Kier molecular flexibility index (Phi) is 5.12. The fourth-order valence-electron chi connectivity index (χ4n) is 1.63. The van der Waals surface area contributed by atoms with Gasteiger partial charge in [0, 0.05) is 0 Å². The van der Waals surface area contributed by atoms with E-state index < -0.39 is 29.6 Å². The number of ether oxygens (including phenoxy) is 2. The average Bonchev–Trinajstić information content (AvgIpc) is 2.42. The molecule has 1 unspecified atom stereocenters. The molecule has 0 saturated carbocycles. The van der Waals surface area contributed by atoms with Crippen LogP contribution in [-0.2, 0) is 25.2 Å². The summed E-state index contributed by atoms with van der Waals surface area (Å²) in [6.07, 6.45) is -4.75.